The van der Waals surface area contributed by atoms with Crippen LogP contribution in [0.2, 0.25) is 0 Å². The van der Waals surface area contributed by atoms with E-state index in [1.807, 2.05) is 26.0 Å². The topological polar surface area (TPSA) is 66.4 Å². The van der Waals surface area contributed by atoms with E-state index < -0.39 is 16.1 Å². The predicted molar refractivity (Wildman–Crippen MR) is 83.7 cm³/mol. The summed E-state index contributed by atoms with van der Waals surface area (Å²) in [6.45, 7) is 3.78. The van der Waals surface area contributed by atoms with E-state index in [1.165, 1.54) is 12.1 Å². The monoisotopic (exact) mass is 305 g/mol. The third-order valence-electron chi connectivity index (χ3n) is 3.24. The number of benzene rings is 2. The fourth-order valence-electron chi connectivity index (χ4n) is 1.96. The lowest BCUT2D eigenvalue weighted by Crippen LogP contribution is -2.13. The van der Waals surface area contributed by atoms with E-state index in [9.17, 15) is 13.5 Å². The first-order valence-corrected chi connectivity index (χ1v) is 8.28. The van der Waals surface area contributed by atoms with Crippen LogP contribution in [0, 0.1) is 6.92 Å². The minimum atomic E-state index is -3.65. The Balaban J connectivity index is 2.29. The van der Waals surface area contributed by atoms with Crippen molar-refractivity contribution in [2.75, 3.05) is 4.72 Å². The zero-order valence-corrected chi connectivity index (χ0v) is 12.9. The molecule has 1 atom stereocenters. The summed E-state index contributed by atoms with van der Waals surface area (Å²) in [6.07, 6.45) is -0.117. The summed E-state index contributed by atoms with van der Waals surface area (Å²) < 4.78 is 27.3. The van der Waals surface area contributed by atoms with E-state index in [1.54, 1.807) is 24.3 Å². The van der Waals surface area contributed by atoms with Gasteiger partial charge < -0.3 is 5.11 Å². The molecule has 0 saturated carbocycles. The fraction of sp³-hybridized carbons (Fsp3) is 0.250. The number of aliphatic hydroxyl groups is 1. The van der Waals surface area contributed by atoms with Crippen molar-refractivity contribution in [3.8, 4) is 0 Å². The molecule has 2 rings (SSSR count). The molecular formula is C16H19NO3S. The molecular weight excluding hydrogens is 286 g/mol. The van der Waals surface area contributed by atoms with Crippen molar-refractivity contribution >= 4 is 15.7 Å². The van der Waals surface area contributed by atoms with Crippen molar-refractivity contribution in [2.24, 2.45) is 0 Å². The maximum absolute atomic E-state index is 12.4. The fourth-order valence-corrected chi connectivity index (χ4v) is 3.07. The molecule has 0 heterocycles. The molecule has 21 heavy (non-hydrogen) atoms. The van der Waals surface area contributed by atoms with Crippen molar-refractivity contribution in [3.05, 3.63) is 59.7 Å². The molecule has 2 aromatic carbocycles. The molecule has 0 aliphatic rings. The van der Waals surface area contributed by atoms with Crippen molar-refractivity contribution in [2.45, 2.75) is 31.3 Å². The van der Waals surface area contributed by atoms with Gasteiger partial charge in [0.2, 0.25) is 0 Å². The SMILES string of the molecule is CCC(O)c1cccc(S(=O)(=O)Nc2ccc(C)cc2)c1. The molecule has 2 aromatic rings. The minimum Gasteiger partial charge on any atom is -0.388 e. The molecule has 1 unspecified atom stereocenters. The smallest absolute Gasteiger partial charge is 0.261 e. The second-order valence-corrected chi connectivity index (χ2v) is 6.65. The normalized spacial score (nSPS) is 12.9. The first kappa shape index (κ1) is 15.5. The Labute approximate surface area is 125 Å². The summed E-state index contributed by atoms with van der Waals surface area (Å²) in [4.78, 5) is 0.146. The Morgan fingerprint density at radius 2 is 1.81 bits per heavy atom. The Hall–Kier alpha value is -1.85. The highest BCUT2D eigenvalue weighted by Gasteiger charge is 2.16. The summed E-state index contributed by atoms with van der Waals surface area (Å²) in [6, 6.07) is 13.5. The Morgan fingerprint density at radius 3 is 2.43 bits per heavy atom. The van der Waals surface area contributed by atoms with Crippen LogP contribution in [0.15, 0.2) is 53.4 Å². The summed E-state index contributed by atoms with van der Waals surface area (Å²) in [5, 5.41) is 9.82. The van der Waals surface area contributed by atoms with Gasteiger partial charge in [0, 0.05) is 5.69 Å². The van der Waals surface area contributed by atoms with Crippen molar-refractivity contribution in [1.29, 1.82) is 0 Å². The first-order chi connectivity index (χ1) is 9.92. The first-order valence-electron chi connectivity index (χ1n) is 6.80. The zero-order valence-electron chi connectivity index (χ0n) is 12.1. The largest absolute Gasteiger partial charge is 0.388 e. The molecule has 0 aliphatic carbocycles. The highest BCUT2D eigenvalue weighted by Crippen LogP contribution is 2.22. The van der Waals surface area contributed by atoms with Gasteiger partial charge in [0.05, 0.1) is 11.0 Å². The molecule has 0 fully saturated rings. The lowest BCUT2D eigenvalue weighted by Gasteiger charge is -2.12. The van der Waals surface area contributed by atoms with Gasteiger partial charge in [0.1, 0.15) is 0 Å². The van der Waals surface area contributed by atoms with E-state index in [2.05, 4.69) is 4.72 Å². The van der Waals surface area contributed by atoms with E-state index in [4.69, 9.17) is 0 Å². The van der Waals surface area contributed by atoms with E-state index in [0.717, 1.165) is 5.56 Å². The number of hydrogen-bond acceptors (Lipinski definition) is 3. The van der Waals surface area contributed by atoms with Crippen molar-refractivity contribution < 1.29 is 13.5 Å². The molecule has 0 radical (unpaired) electrons. The number of rotatable bonds is 5. The zero-order chi connectivity index (χ0) is 15.5. The third-order valence-corrected chi connectivity index (χ3v) is 4.62. The van der Waals surface area contributed by atoms with Crippen LogP contribution in [0.4, 0.5) is 5.69 Å². The number of aryl methyl sites for hydroxylation is 1. The number of aliphatic hydroxyl groups excluding tert-OH is 1. The molecule has 5 heteroatoms. The molecule has 0 saturated heterocycles. The maximum Gasteiger partial charge on any atom is 0.261 e. The molecule has 112 valence electrons. The van der Waals surface area contributed by atoms with Gasteiger partial charge in [0.25, 0.3) is 10.0 Å². The maximum atomic E-state index is 12.4. The van der Waals surface area contributed by atoms with Crippen LogP contribution in [-0.2, 0) is 10.0 Å². The van der Waals surface area contributed by atoms with Crippen LogP contribution < -0.4 is 4.72 Å². The summed E-state index contributed by atoms with van der Waals surface area (Å²) in [5.41, 5.74) is 2.18. The van der Waals surface area contributed by atoms with Gasteiger partial charge in [-0.25, -0.2) is 8.42 Å². The van der Waals surface area contributed by atoms with Crippen LogP contribution >= 0.6 is 0 Å². The highest BCUT2D eigenvalue weighted by molar-refractivity contribution is 7.92. The van der Waals surface area contributed by atoms with Gasteiger partial charge >= 0.3 is 0 Å². The number of anilines is 1. The van der Waals surface area contributed by atoms with Gasteiger partial charge in [-0.2, -0.15) is 0 Å². The molecule has 2 N–H and O–H groups in total. The molecule has 0 aromatic heterocycles. The lowest BCUT2D eigenvalue weighted by molar-refractivity contribution is 0.173. The third kappa shape index (κ3) is 3.83. The van der Waals surface area contributed by atoms with Crippen LogP contribution in [0.1, 0.15) is 30.6 Å². The standard InChI is InChI=1S/C16H19NO3S/c1-3-16(18)13-5-4-6-15(11-13)21(19,20)17-14-9-7-12(2)8-10-14/h4-11,16-18H,3H2,1-2H3. The molecule has 0 amide bonds. The van der Waals surface area contributed by atoms with Gasteiger partial charge in [-0.1, -0.05) is 36.8 Å². The average Bonchev–Trinajstić information content (AvgIpc) is 2.49. The highest BCUT2D eigenvalue weighted by atomic mass is 32.2. The lowest BCUT2D eigenvalue weighted by atomic mass is 10.1. The quantitative estimate of drug-likeness (QED) is 0.891. The molecule has 0 bridgehead atoms. The van der Waals surface area contributed by atoms with Crippen molar-refractivity contribution in [1.82, 2.24) is 0 Å². The molecule has 0 spiro atoms. The second-order valence-electron chi connectivity index (χ2n) is 4.97. The average molecular weight is 305 g/mol. The van der Waals surface area contributed by atoms with Crippen LogP contribution in [0.5, 0.6) is 0 Å². The van der Waals surface area contributed by atoms with E-state index in [0.29, 0.717) is 17.7 Å². The van der Waals surface area contributed by atoms with Crippen LogP contribution in [-0.4, -0.2) is 13.5 Å². The van der Waals surface area contributed by atoms with E-state index in [-0.39, 0.29) is 4.90 Å². The van der Waals surface area contributed by atoms with Gasteiger partial charge in [0.15, 0.2) is 0 Å². The summed E-state index contributed by atoms with van der Waals surface area (Å²) in [5.74, 6) is 0. The number of hydrogen-bond donors (Lipinski definition) is 2. The Bertz CT molecular complexity index is 709. The van der Waals surface area contributed by atoms with Gasteiger partial charge in [-0.15, -0.1) is 0 Å². The molecule has 0 aliphatic heterocycles. The summed E-state index contributed by atoms with van der Waals surface area (Å²) >= 11 is 0. The van der Waals surface area contributed by atoms with Crippen LogP contribution in [0.25, 0.3) is 0 Å². The van der Waals surface area contributed by atoms with Gasteiger partial charge in [-0.3, -0.25) is 4.72 Å². The van der Waals surface area contributed by atoms with Crippen LogP contribution in [0.3, 0.4) is 0 Å². The number of nitrogens with one attached hydrogen (secondary N) is 1. The van der Waals surface area contributed by atoms with Gasteiger partial charge in [-0.05, 0) is 43.2 Å². The summed E-state index contributed by atoms with van der Waals surface area (Å²) in [7, 11) is -3.65. The number of sulfonamides is 1. The van der Waals surface area contributed by atoms with E-state index >= 15 is 0 Å². The second kappa shape index (κ2) is 6.28. The molecule has 4 nitrogen and oxygen atoms in total. The Morgan fingerprint density at radius 1 is 1.14 bits per heavy atom. The predicted octanol–water partition coefficient (Wildman–Crippen LogP) is 3.24. The Kier molecular flexibility index (Phi) is 4.65. The van der Waals surface area contributed by atoms with Crippen molar-refractivity contribution in [3.63, 3.8) is 0 Å². The minimum absolute atomic E-state index is 0.146.